The first kappa shape index (κ1) is 12.5. The molecule has 0 atom stereocenters. The molecule has 19 heavy (non-hydrogen) atoms. The molecule has 2 aromatic rings. The topological polar surface area (TPSA) is 46.8 Å². The second-order valence-corrected chi connectivity index (χ2v) is 5.13. The first-order valence-electron chi connectivity index (χ1n) is 6.18. The molecule has 1 saturated heterocycles. The molecule has 0 saturated carbocycles. The second-order valence-electron chi connectivity index (χ2n) is 4.35. The van der Waals surface area contributed by atoms with Crippen LogP contribution in [0, 0.1) is 0 Å². The fraction of sp³-hybridized carbons (Fsp3) is 0.385. The molecule has 0 unspecified atom stereocenters. The molecule has 0 bridgehead atoms. The standard InChI is InChI=1S/C13H15N3O2S/c1-19-13(17)11-9-14-12-8-10(2-3-16(11)12)15-4-6-18-7-5-15/h2-3,8-9H,4-7H2,1H3. The number of thioether (sulfide) groups is 1. The van der Waals surface area contributed by atoms with Crippen molar-refractivity contribution in [3.8, 4) is 0 Å². The quantitative estimate of drug-likeness (QED) is 0.835. The minimum absolute atomic E-state index is 0.0339. The minimum atomic E-state index is 0.0339. The fourth-order valence-corrected chi connectivity index (χ4v) is 2.60. The first-order valence-corrected chi connectivity index (χ1v) is 7.40. The van der Waals surface area contributed by atoms with Gasteiger partial charge in [-0.1, -0.05) is 11.8 Å². The van der Waals surface area contributed by atoms with Gasteiger partial charge in [-0.3, -0.25) is 9.20 Å². The van der Waals surface area contributed by atoms with Gasteiger partial charge in [0, 0.05) is 31.0 Å². The van der Waals surface area contributed by atoms with Gasteiger partial charge in [0.25, 0.3) is 0 Å². The maximum atomic E-state index is 11.8. The number of rotatable bonds is 2. The third-order valence-electron chi connectivity index (χ3n) is 3.27. The van der Waals surface area contributed by atoms with Crippen LogP contribution in [0.15, 0.2) is 24.5 Å². The van der Waals surface area contributed by atoms with E-state index in [1.54, 1.807) is 12.5 Å². The van der Waals surface area contributed by atoms with Gasteiger partial charge < -0.3 is 9.64 Å². The monoisotopic (exact) mass is 277 g/mol. The van der Waals surface area contributed by atoms with Gasteiger partial charge in [-0.15, -0.1) is 0 Å². The van der Waals surface area contributed by atoms with E-state index >= 15 is 0 Å². The molecule has 0 spiro atoms. The molecule has 0 aliphatic carbocycles. The van der Waals surface area contributed by atoms with Gasteiger partial charge in [0.05, 0.1) is 19.4 Å². The van der Waals surface area contributed by atoms with Gasteiger partial charge in [0.2, 0.25) is 5.12 Å². The van der Waals surface area contributed by atoms with Crippen LogP contribution in [0.4, 0.5) is 5.69 Å². The predicted octanol–water partition coefficient (Wildman–Crippen LogP) is 1.67. The molecular formula is C13H15N3O2S. The Morgan fingerprint density at radius 1 is 1.42 bits per heavy atom. The van der Waals surface area contributed by atoms with Crippen molar-refractivity contribution >= 4 is 28.2 Å². The Labute approximate surface area is 115 Å². The summed E-state index contributed by atoms with van der Waals surface area (Å²) >= 11 is 1.20. The highest BCUT2D eigenvalue weighted by Crippen LogP contribution is 2.20. The molecule has 0 amide bonds. The molecule has 3 rings (SSSR count). The molecule has 1 fully saturated rings. The lowest BCUT2D eigenvalue weighted by Gasteiger charge is -2.28. The number of nitrogens with zero attached hydrogens (tertiary/aromatic N) is 3. The predicted molar refractivity (Wildman–Crippen MR) is 76.1 cm³/mol. The van der Waals surface area contributed by atoms with Gasteiger partial charge in [0.15, 0.2) is 0 Å². The Morgan fingerprint density at radius 3 is 2.95 bits per heavy atom. The van der Waals surface area contributed by atoms with Crippen molar-refractivity contribution in [2.24, 2.45) is 0 Å². The Kier molecular flexibility index (Phi) is 3.44. The number of carbonyl (C=O) groups excluding carboxylic acids is 1. The van der Waals surface area contributed by atoms with Gasteiger partial charge in [0.1, 0.15) is 11.3 Å². The van der Waals surface area contributed by atoms with Gasteiger partial charge in [-0.25, -0.2) is 4.98 Å². The Hall–Kier alpha value is -1.53. The third-order valence-corrected chi connectivity index (χ3v) is 3.85. The summed E-state index contributed by atoms with van der Waals surface area (Å²) in [7, 11) is 0. The normalized spacial score (nSPS) is 15.9. The van der Waals surface area contributed by atoms with Crippen LogP contribution in [-0.4, -0.2) is 47.1 Å². The third kappa shape index (κ3) is 2.33. The smallest absolute Gasteiger partial charge is 0.237 e. The molecule has 5 nitrogen and oxygen atoms in total. The lowest BCUT2D eigenvalue weighted by atomic mass is 10.3. The highest BCUT2D eigenvalue weighted by molar-refractivity contribution is 8.13. The SMILES string of the molecule is CSC(=O)c1cnc2cc(N3CCOCC3)ccn12. The average Bonchev–Trinajstić information content (AvgIpc) is 2.90. The summed E-state index contributed by atoms with van der Waals surface area (Å²) in [6.07, 6.45) is 5.33. The Morgan fingerprint density at radius 2 is 2.21 bits per heavy atom. The number of hydrogen-bond donors (Lipinski definition) is 0. The van der Waals surface area contributed by atoms with E-state index in [0.717, 1.165) is 37.6 Å². The Balaban J connectivity index is 1.95. The maximum Gasteiger partial charge on any atom is 0.237 e. The van der Waals surface area contributed by atoms with E-state index in [1.807, 2.05) is 22.7 Å². The molecule has 0 aromatic carbocycles. The number of anilines is 1. The highest BCUT2D eigenvalue weighted by Gasteiger charge is 2.14. The van der Waals surface area contributed by atoms with E-state index in [1.165, 1.54) is 11.8 Å². The van der Waals surface area contributed by atoms with Crippen LogP contribution in [0.3, 0.4) is 0 Å². The molecule has 6 heteroatoms. The minimum Gasteiger partial charge on any atom is -0.378 e. The maximum absolute atomic E-state index is 11.8. The van der Waals surface area contributed by atoms with E-state index in [-0.39, 0.29) is 5.12 Å². The number of pyridine rings is 1. The number of ether oxygens (including phenoxy) is 1. The van der Waals surface area contributed by atoms with Crippen LogP contribution >= 0.6 is 11.8 Å². The summed E-state index contributed by atoms with van der Waals surface area (Å²) in [5.41, 5.74) is 2.56. The van der Waals surface area contributed by atoms with Crippen molar-refractivity contribution < 1.29 is 9.53 Å². The molecule has 1 aliphatic heterocycles. The van der Waals surface area contributed by atoms with Crippen molar-refractivity contribution in [1.29, 1.82) is 0 Å². The number of aromatic nitrogens is 2. The van der Waals surface area contributed by atoms with Crippen LogP contribution in [0.5, 0.6) is 0 Å². The Bertz CT molecular complexity index is 605. The van der Waals surface area contributed by atoms with Crippen LogP contribution < -0.4 is 4.90 Å². The molecule has 100 valence electrons. The zero-order valence-corrected chi connectivity index (χ0v) is 11.5. The molecule has 2 aromatic heterocycles. The lowest BCUT2D eigenvalue weighted by molar-refractivity contribution is 0.108. The van der Waals surface area contributed by atoms with Crippen molar-refractivity contribution in [3.63, 3.8) is 0 Å². The van der Waals surface area contributed by atoms with E-state index in [9.17, 15) is 4.79 Å². The van der Waals surface area contributed by atoms with Crippen LogP contribution in [0.25, 0.3) is 5.65 Å². The van der Waals surface area contributed by atoms with Crippen molar-refractivity contribution in [2.45, 2.75) is 0 Å². The second kappa shape index (κ2) is 5.22. The zero-order chi connectivity index (χ0) is 13.2. The summed E-state index contributed by atoms with van der Waals surface area (Å²) < 4.78 is 7.18. The summed E-state index contributed by atoms with van der Waals surface area (Å²) in [4.78, 5) is 18.3. The number of imidazole rings is 1. The van der Waals surface area contributed by atoms with Crippen molar-refractivity contribution in [3.05, 3.63) is 30.2 Å². The molecule has 0 radical (unpaired) electrons. The largest absolute Gasteiger partial charge is 0.378 e. The number of carbonyl (C=O) groups is 1. The van der Waals surface area contributed by atoms with Crippen LogP contribution in [0.2, 0.25) is 0 Å². The summed E-state index contributed by atoms with van der Waals surface area (Å²) in [5, 5.41) is 0.0339. The zero-order valence-electron chi connectivity index (χ0n) is 10.7. The van der Waals surface area contributed by atoms with Crippen molar-refractivity contribution in [2.75, 3.05) is 37.5 Å². The van der Waals surface area contributed by atoms with Gasteiger partial charge >= 0.3 is 0 Å². The van der Waals surface area contributed by atoms with Crippen molar-refractivity contribution in [1.82, 2.24) is 9.38 Å². The van der Waals surface area contributed by atoms with Crippen LogP contribution in [-0.2, 0) is 4.74 Å². The fourth-order valence-electron chi connectivity index (χ4n) is 2.24. The number of morpholine rings is 1. The summed E-state index contributed by atoms with van der Waals surface area (Å²) in [6.45, 7) is 3.31. The molecular weight excluding hydrogens is 262 g/mol. The molecule has 3 heterocycles. The van der Waals surface area contributed by atoms with Gasteiger partial charge in [-0.05, 0) is 12.3 Å². The van der Waals surface area contributed by atoms with E-state index < -0.39 is 0 Å². The first-order chi connectivity index (χ1) is 9.29. The highest BCUT2D eigenvalue weighted by atomic mass is 32.2. The number of fused-ring (bicyclic) bond motifs is 1. The summed E-state index contributed by atoms with van der Waals surface area (Å²) in [5.74, 6) is 0. The molecule has 1 aliphatic rings. The summed E-state index contributed by atoms with van der Waals surface area (Å²) in [6, 6.07) is 4.04. The molecule has 0 N–H and O–H groups in total. The average molecular weight is 277 g/mol. The van der Waals surface area contributed by atoms with E-state index in [2.05, 4.69) is 9.88 Å². The van der Waals surface area contributed by atoms with Gasteiger partial charge in [-0.2, -0.15) is 0 Å². The van der Waals surface area contributed by atoms with Crippen LogP contribution in [0.1, 0.15) is 10.5 Å². The van der Waals surface area contributed by atoms with E-state index in [4.69, 9.17) is 4.74 Å². The lowest BCUT2D eigenvalue weighted by Crippen LogP contribution is -2.36. The van der Waals surface area contributed by atoms with E-state index in [0.29, 0.717) is 5.69 Å². The number of hydrogen-bond acceptors (Lipinski definition) is 5.